The number of hydrogen-bond donors (Lipinski definition) is 2. The number of aliphatic hydroxyl groups is 1. The maximum atomic E-state index is 11.4. The molecule has 0 fully saturated rings. The van der Waals surface area contributed by atoms with E-state index in [-0.39, 0.29) is 18.6 Å². The summed E-state index contributed by atoms with van der Waals surface area (Å²) < 4.78 is 4.98. The van der Waals surface area contributed by atoms with Crippen molar-refractivity contribution in [2.75, 3.05) is 31.8 Å². The summed E-state index contributed by atoms with van der Waals surface area (Å²) in [6, 6.07) is -0.106. The van der Waals surface area contributed by atoms with Gasteiger partial charge in [0.2, 0.25) is 5.91 Å². The lowest BCUT2D eigenvalue weighted by atomic mass is 10.3. The zero-order valence-corrected chi connectivity index (χ0v) is 12.4. The molecule has 1 aromatic rings. The van der Waals surface area contributed by atoms with Gasteiger partial charge in [-0.25, -0.2) is 4.98 Å². The molecule has 0 aliphatic carbocycles. The Bertz CT molecular complexity index is 397. The van der Waals surface area contributed by atoms with Gasteiger partial charge in [0, 0.05) is 32.5 Å². The fraction of sp³-hybridized carbons (Fsp3) is 0.667. The fourth-order valence-electron chi connectivity index (χ4n) is 1.62. The molecule has 0 saturated carbocycles. The Hall–Kier alpha value is -1.02. The number of thiazole rings is 1. The summed E-state index contributed by atoms with van der Waals surface area (Å²) in [5.41, 5.74) is 0.856. The third-order valence-electron chi connectivity index (χ3n) is 2.63. The van der Waals surface area contributed by atoms with Crippen molar-refractivity contribution < 1.29 is 14.6 Å². The van der Waals surface area contributed by atoms with Gasteiger partial charge in [0.05, 0.1) is 24.9 Å². The molecule has 6 nitrogen and oxygen atoms in total. The molecule has 108 valence electrons. The highest BCUT2D eigenvalue weighted by atomic mass is 32.1. The van der Waals surface area contributed by atoms with E-state index in [4.69, 9.17) is 9.84 Å². The number of amides is 1. The number of anilines is 1. The minimum absolute atomic E-state index is 0.0102. The second-order valence-electron chi connectivity index (χ2n) is 4.10. The van der Waals surface area contributed by atoms with Crippen LogP contribution in [0, 0.1) is 0 Å². The summed E-state index contributed by atoms with van der Waals surface area (Å²) in [7, 11) is 1.59. The number of rotatable bonds is 8. The first kappa shape index (κ1) is 16.0. The summed E-state index contributed by atoms with van der Waals surface area (Å²) in [5, 5.41) is 14.9. The zero-order chi connectivity index (χ0) is 14.3. The third kappa shape index (κ3) is 4.87. The molecule has 0 saturated heterocycles. The van der Waals surface area contributed by atoms with Crippen LogP contribution in [0.4, 0.5) is 5.13 Å². The molecule has 7 heteroatoms. The second-order valence-corrected chi connectivity index (χ2v) is 4.94. The molecule has 1 aromatic heterocycles. The Balaban J connectivity index is 2.57. The molecule has 0 radical (unpaired) electrons. The number of aliphatic hydroxyl groups excluding tert-OH is 1. The lowest BCUT2D eigenvalue weighted by Gasteiger charge is -2.15. The van der Waals surface area contributed by atoms with Crippen LogP contribution in [-0.2, 0) is 16.1 Å². The first-order valence-corrected chi connectivity index (χ1v) is 7.06. The van der Waals surface area contributed by atoms with E-state index >= 15 is 0 Å². The van der Waals surface area contributed by atoms with Gasteiger partial charge >= 0.3 is 0 Å². The van der Waals surface area contributed by atoms with Crippen LogP contribution in [0.3, 0.4) is 0 Å². The number of nitrogens with one attached hydrogen (secondary N) is 1. The van der Waals surface area contributed by atoms with Gasteiger partial charge < -0.3 is 15.2 Å². The number of nitrogens with zero attached hydrogens (tertiary/aromatic N) is 2. The molecule has 0 aliphatic heterocycles. The van der Waals surface area contributed by atoms with Gasteiger partial charge in [-0.2, -0.15) is 0 Å². The van der Waals surface area contributed by atoms with Crippen molar-refractivity contribution >= 4 is 22.4 Å². The zero-order valence-electron chi connectivity index (χ0n) is 11.5. The van der Waals surface area contributed by atoms with Crippen LogP contribution in [0.1, 0.15) is 19.5 Å². The largest absolute Gasteiger partial charge is 0.395 e. The molecule has 2 N–H and O–H groups in total. The Morgan fingerprint density at radius 2 is 2.42 bits per heavy atom. The summed E-state index contributed by atoms with van der Waals surface area (Å²) in [4.78, 5) is 17.4. The van der Waals surface area contributed by atoms with E-state index in [1.54, 1.807) is 12.0 Å². The minimum Gasteiger partial charge on any atom is -0.395 e. The Kier molecular flexibility index (Phi) is 6.93. The van der Waals surface area contributed by atoms with Gasteiger partial charge in [-0.15, -0.1) is 11.3 Å². The number of methoxy groups -OCH3 is 1. The molecule has 1 unspecified atom stereocenters. The van der Waals surface area contributed by atoms with Crippen LogP contribution in [0.5, 0.6) is 0 Å². The summed E-state index contributed by atoms with van der Waals surface area (Å²) in [6.45, 7) is 5.06. The van der Waals surface area contributed by atoms with Gasteiger partial charge in [-0.05, 0) is 6.92 Å². The van der Waals surface area contributed by atoms with Crippen LogP contribution in [0.2, 0.25) is 0 Å². The molecule has 1 heterocycles. The standard InChI is InChI=1S/C12H21N3O3S/c1-4-15(9(2)17)12-14-10(8-19-12)5-13-11(6-16)7-18-3/h8,11,13,16H,4-7H2,1-3H3. The average Bonchev–Trinajstić information content (AvgIpc) is 2.83. The highest BCUT2D eigenvalue weighted by Gasteiger charge is 2.14. The Morgan fingerprint density at radius 1 is 1.68 bits per heavy atom. The summed E-state index contributed by atoms with van der Waals surface area (Å²) in [6.07, 6.45) is 0. The van der Waals surface area contributed by atoms with Gasteiger partial charge in [0.1, 0.15) is 0 Å². The summed E-state index contributed by atoms with van der Waals surface area (Å²) in [5.74, 6) is -0.0102. The van der Waals surface area contributed by atoms with Gasteiger partial charge in [0.25, 0.3) is 0 Å². The molecule has 19 heavy (non-hydrogen) atoms. The van der Waals surface area contributed by atoms with E-state index < -0.39 is 0 Å². The van der Waals surface area contributed by atoms with Crippen molar-refractivity contribution in [2.24, 2.45) is 0 Å². The molecule has 0 aromatic carbocycles. The average molecular weight is 287 g/mol. The number of carbonyl (C=O) groups is 1. The van der Waals surface area contributed by atoms with E-state index in [0.29, 0.717) is 24.8 Å². The van der Waals surface area contributed by atoms with Crippen LogP contribution in [0.25, 0.3) is 0 Å². The molecule has 1 amide bonds. The monoisotopic (exact) mass is 287 g/mol. The van der Waals surface area contributed by atoms with Gasteiger partial charge in [-0.3, -0.25) is 9.69 Å². The van der Waals surface area contributed by atoms with Crippen molar-refractivity contribution in [3.63, 3.8) is 0 Å². The predicted molar refractivity (Wildman–Crippen MR) is 75.4 cm³/mol. The molecule has 1 atom stereocenters. The number of carbonyl (C=O) groups excluding carboxylic acids is 1. The molecule has 1 rings (SSSR count). The number of ether oxygens (including phenoxy) is 1. The lowest BCUT2D eigenvalue weighted by molar-refractivity contribution is -0.116. The van der Waals surface area contributed by atoms with Crippen LogP contribution < -0.4 is 10.2 Å². The van der Waals surface area contributed by atoms with Gasteiger partial charge in [-0.1, -0.05) is 0 Å². The van der Waals surface area contributed by atoms with E-state index in [0.717, 1.165) is 5.69 Å². The molecular formula is C12H21N3O3S. The van der Waals surface area contributed by atoms with Crippen LogP contribution in [0.15, 0.2) is 5.38 Å². The van der Waals surface area contributed by atoms with Crippen LogP contribution >= 0.6 is 11.3 Å². The fourth-order valence-corrected chi connectivity index (χ4v) is 2.55. The van der Waals surface area contributed by atoms with Crippen molar-refractivity contribution in [1.82, 2.24) is 10.3 Å². The predicted octanol–water partition coefficient (Wildman–Crippen LogP) is 0.613. The smallest absolute Gasteiger partial charge is 0.225 e. The maximum Gasteiger partial charge on any atom is 0.225 e. The van der Waals surface area contributed by atoms with Crippen LogP contribution in [-0.4, -0.2) is 48.9 Å². The normalized spacial score (nSPS) is 12.4. The first-order chi connectivity index (χ1) is 9.12. The Morgan fingerprint density at radius 3 is 2.95 bits per heavy atom. The van der Waals surface area contributed by atoms with Crippen molar-refractivity contribution in [2.45, 2.75) is 26.4 Å². The van der Waals surface area contributed by atoms with E-state index in [1.165, 1.54) is 18.3 Å². The quantitative estimate of drug-likeness (QED) is 0.733. The van der Waals surface area contributed by atoms with Crippen molar-refractivity contribution in [3.05, 3.63) is 11.1 Å². The molecular weight excluding hydrogens is 266 g/mol. The first-order valence-electron chi connectivity index (χ1n) is 6.18. The molecule has 0 spiro atoms. The lowest BCUT2D eigenvalue weighted by Crippen LogP contribution is -2.36. The van der Waals surface area contributed by atoms with Crippen molar-refractivity contribution in [1.29, 1.82) is 0 Å². The highest BCUT2D eigenvalue weighted by molar-refractivity contribution is 7.14. The van der Waals surface area contributed by atoms with E-state index in [1.807, 2.05) is 12.3 Å². The second kappa shape index (κ2) is 8.21. The van der Waals surface area contributed by atoms with E-state index in [2.05, 4.69) is 10.3 Å². The minimum atomic E-state index is -0.106. The van der Waals surface area contributed by atoms with E-state index in [9.17, 15) is 4.79 Å². The van der Waals surface area contributed by atoms with Crippen molar-refractivity contribution in [3.8, 4) is 0 Å². The number of hydrogen-bond acceptors (Lipinski definition) is 6. The third-order valence-corrected chi connectivity index (χ3v) is 3.54. The topological polar surface area (TPSA) is 74.7 Å². The summed E-state index contributed by atoms with van der Waals surface area (Å²) >= 11 is 1.44. The number of aromatic nitrogens is 1. The molecule has 0 aliphatic rings. The molecule has 0 bridgehead atoms. The Labute approximate surface area is 117 Å². The maximum absolute atomic E-state index is 11.4. The van der Waals surface area contributed by atoms with Gasteiger partial charge in [0.15, 0.2) is 5.13 Å². The SMILES string of the molecule is CCN(C(C)=O)c1nc(CNC(CO)COC)cs1. The highest BCUT2D eigenvalue weighted by Crippen LogP contribution is 2.20.